The number of carbonyl (C=O) groups is 2. The first-order valence-electron chi connectivity index (χ1n) is 5.26. The number of carboxylic acids is 1. The molecule has 0 fully saturated rings. The number of carbonyl (C=O) groups excluding carboxylic acids is 1. The fourth-order valence-electron chi connectivity index (χ4n) is 1.43. The fourth-order valence-corrected chi connectivity index (χ4v) is 1.70. The van der Waals surface area contributed by atoms with E-state index in [0.29, 0.717) is 11.8 Å². The molecule has 98 valence electrons. The SMILES string of the molecule is CCOC(C=O)Oc1c(C)cc(Cl)cc1C(=O)O. The van der Waals surface area contributed by atoms with Crippen molar-refractivity contribution >= 4 is 23.9 Å². The number of benzene rings is 1. The van der Waals surface area contributed by atoms with Crippen molar-refractivity contribution in [1.29, 1.82) is 0 Å². The second-order valence-corrected chi connectivity index (χ2v) is 3.92. The largest absolute Gasteiger partial charge is 0.478 e. The van der Waals surface area contributed by atoms with Gasteiger partial charge in [0, 0.05) is 11.6 Å². The van der Waals surface area contributed by atoms with Crippen LogP contribution in [0.3, 0.4) is 0 Å². The van der Waals surface area contributed by atoms with Gasteiger partial charge in [0.1, 0.15) is 11.3 Å². The van der Waals surface area contributed by atoms with Crippen LogP contribution in [0.2, 0.25) is 5.02 Å². The zero-order valence-electron chi connectivity index (χ0n) is 9.97. The van der Waals surface area contributed by atoms with Gasteiger partial charge < -0.3 is 14.6 Å². The van der Waals surface area contributed by atoms with Crippen LogP contribution in [-0.2, 0) is 9.53 Å². The summed E-state index contributed by atoms with van der Waals surface area (Å²) in [5.41, 5.74) is 0.415. The summed E-state index contributed by atoms with van der Waals surface area (Å²) in [4.78, 5) is 21.8. The fraction of sp³-hybridized carbons (Fsp3) is 0.333. The topological polar surface area (TPSA) is 72.8 Å². The average Bonchev–Trinajstić information content (AvgIpc) is 2.30. The zero-order valence-corrected chi connectivity index (χ0v) is 10.7. The quantitative estimate of drug-likeness (QED) is 0.635. The van der Waals surface area contributed by atoms with E-state index < -0.39 is 12.3 Å². The first kappa shape index (κ1) is 14.5. The number of halogens is 1. The third kappa shape index (κ3) is 3.45. The van der Waals surface area contributed by atoms with Crippen LogP contribution in [0, 0.1) is 6.92 Å². The Hall–Kier alpha value is -1.59. The van der Waals surface area contributed by atoms with Crippen LogP contribution >= 0.6 is 11.6 Å². The number of ether oxygens (including phenoxy) is 2. The van der Waals surface area contributed by atoms with Crippen molar-refractivity contribution in [1.82, 2.24) is 0 Å². The third-order valence-electron chi connectivity index (χ3n) is 2.15. The van der Waals surface area contributed by atoms with Gasteiger partial charge in [0.05, 0.1) is 0 Å². The number of carboxylic acid groups (broad SMARTS) is 1. The average molecular weight is 273 g/mol. The third-order valence-corrected chi connectivity index (χ3v) is 2.36. The highest BCUT2D eigenvalue weighted by molar-refractivity contribution is 6.31. The predicted molar refractivity (Wildman–Crippen MR) is 65.3 cm³/mol. The van der Waals surface area contributed by atoms with Gasteiger partial charge in [0.2, 0.25) is 0 Å². The maximum Gasteiger partial charge on any atom is 0.339 e. The summed E-state index contributed by atoms with van der Waals surface area (Å²) in [5, 5.41) is 9.35. The standard InChI is InChI=1S/C12H13ClO5/c1-3-17-10(6-14)18-11-7(2)4-8(13)5-9(11)12(15)16/h4-6,10H,3H2,1-2H3,(H,15,16). The number of rotatable bonds is 6. The van der Waals surface area contributed by atoms with Crippen LogP contribution in [0.25, 0.3) is 0 Å². The Morgan fingerprint density at radius 3 is 2.72 bits per heavy atom. The second-order valence-electron chi connectivity index (χ2n) is 3.48. The lowest BCUT2D eigenvalue weighted by Crippen LogP contribution is -2.23. The molecular weight excluding hydrogens is 260 g/mol. The normalized spacial score (nSPS) is 11.9. The highest BCUT2D eigenvalue weighted by Gasteiger charge is 2.19. The van der Waals surface area contributed by atoms with Gasteiger partial charge in [-0.3, -0.25) is 4.79 Å². The summed E-state index contributed by atoms with van der Waals surface area (Å²) in [7, 11) is 0. The summed E-state index contributed by atoms with van der Waals surface area (Å²) >= 11 is 5.78. The van der Waals surface area contributed by atoms with Gasteiger partial charge in [-0.25, -0.2) is 4.79 Å². The molecule has 1 N–H and O–H groups in total. The Kier molecular flexibility index (Phi) is 5.12. The van der Waals surface area contributed by atoms with Crippen LogP contribution in [0.5, 0.6) is 5.75 Å². The number of aromatic carboxylic acids is 1. The molecule has 1 unspecified atom stereocenters. The Morgan fingerprint density at radius 1 is 1.56 bits per heavy atom. The molecule has 1 aromatic rings. The molecule has 6 heteroatoms. The minimum absolute atomic E-state index is 0.0810. The van der Waals surface area contributed by atoms with Gasteiger partial charge in [0.25, 0.3) is 6.29 Å². The lowest BCUT2D eigenvalue weighted by atomic mass is 10.1. The van der Waals surface area contributed by atoms with Crippen molar-refractivity contribution in [2.45, 2.75) is 20.1 Å². The van der Waals surface area contributed by atoms with Crippen LogP contribution in [0.15, 0.2) is 12.1 Å². The van der Waals surface area contributed by atoms with E-state index in [-0.39, 0.29) is 22.9 Å². The van der Waals surface area contributed by atoms with Gasteiger partial charge in [0.15, 0.2) is 6.29 Å². The van der Waals surface area contributed by atoms with Crippen molar-refractivity contribution in [2.24, 2.45) is 0 Å². The molecule has 0 heterocycles. The van der Waals surface area contributed by atoms with Gasteiger partial charge >= 0.3 is 5.97 Å². The second kappa shape index (κ2) is 6.37. The molecular formula is C12H13ClO5. The summed E-state index contributed by atoms with van der Waals surface area (Å²) in [5.74, 6) is -1.10. The van der Waals surface area contributed by atoms with E-state index in [1.807, 2.05) is 0 Å². The number of aldehydes is 1. The molecule has 0 saturated carbocycles. The van der Waals surface area contributed by atoms with Gasteiger partial charge in [-0.15, -0.1) is 0 Å². The summed E-state index contributed by atoms with van der Waals surface area (Å²) < 4.78 is 10.3. The molecule has 0 amide bonds. The van der Waals surface area contributed by atoms with E-state index in [2.05, 4.69) is 0 Å². The van der Waals surface area contributed by atoms with Crippen LogP contribution in [0.1, 0.15) is 22.8 Å². The number of hydrogen-bond donors (Lipinski definition) is 1. The van der Waals surface area contributed by atoms with Crippen molar-refractivity contribution in [2.75, 3.05) is 6.61 Å². The molecule has 0 aromatic heterocycles. The first-order valence-corrected chi connectivity index (χ1v) is 5.64. The van der Waals surface area contributed by atoms with Gasteiger partial charge in [-0.1, -0.05) is 11.6 Å². The van der Waals surface area contributed by atoms with E-state index in [0.717, 1.165) is 0 Å². The van der Waals surface area contributed by atoms with Crippen LogP contribution in [-0.4, -0.2) is 30.3 Å². The molecule has 0 saturated heterocycles. The van der Waals surface area contributed by atoms with Crippen molar-refractivity contribution < 1.29 is 24.2 Å². The highest BCUT2D eigenvalue weighted by Crippen LogP contribution is 2.28. The summed E-state index contributed by atoms with van der Waals surface area (Å²) in [6.45, 7) is 3.62. The minimum atomic E-state index is -1.18. The Labute approximate surface area is 109 Å². The van der Waals surface area contributed by atoms with E-state index in [1.165, 1.54) is 6.07 Å². The maximum atomic E-state index is 11.1. The Balaban J connectivity index is 3.13. The Bertz CT molecular complexity index is 458. The van der Waals surface area contributed by atoms with Crippen molar-refractivity contribution in [3.05, 3.63) is 28.3 Å². The van der Waals surface area contributed by atoms with Crippen molar-refractivity contribution in [3.8, 4) is 5.75 Å². The Morgan fingerprint density at radius 2 is 2.22 bits per heavy atom. The van der Waals surface area contributed by atoms with E-state index in [4.69, 9.17) is 26.2 Å². The lowest BCUT2D eigenvalue weighted by Gasteiger charge is -2.17. The zero-order chi connectivity index (χ0) is 13.7. The molecule has 1 aromatic carbocycles. The maximum absolute atomic E-state index is 11.1. The van der Waals surface area contributed by atoms with E-state index >= 15 is 0 Å². The molecule has 1 rings (SSSR count). The molecule has 1 atom stereocenters. The van der Waals surface area contributed by atoms with E-state index in [1.54, 1.807) is 19.9 Å². The number of aryl methyl sites for hydroxylation is 1. The van der Waals surface area contributed by atoms with Gasteiger partial charge in [-0.2, -0.15) is 0 Å². The first-order chi connectivity index (χ1) is 8.49. The van der Waals surface area contributed by atoms with Crippen LogP contribution in [0.4, 0.5) is 0 Å². The molecule has 5 nitrogen and oxygen atoms in total. The highest BCUT2D eigenvalue weighted by atomic mass is 35.5. The smallest absolute Gasteiger partial charge is 0.339 e. The minimum Gasteiger partial charge on any atom is -0.478 e. The molecule has 0 aliphatic carbocycles. The van der Waals surface area contributed by atoms with Gasteiger partial charge in [-0.05, 0) is 31.5 Å². The number of hydrogen-bond acceptors (Lipinski definition) is 4. The molecule has 18 heavy (non-hydrogen) atoms. The van der Waals surface area contributed by atoms with E-state index in [9.17, 15) is 9.59 Å². The molecule has 0 aliphatic rings. The molecule has 0 aliphatic heterocycles. The summed E-state index contributed by atoms with van der Waals surface area (Å²) in [6, 6.07) is 2.82. The van der Waals surface area contributed by atoms with Crippen LogP contribution < -0.4 is 4.74 Å². The lowest BCUT2D eigenvalue weighted by molar-refractivity contribution is -0.136. The molecule has 0 radical (unpaired) electrons. The van der Waals surface area contributed by atoms with Crippen molar-refractivity contribution in [3.63, 3.8) is 0 Å². The summed E-state index contributed by atoms with van der Waals surface area (Å²) in [6.07, 6.45) is -0.670. The predicted octanol–water partition coefficient (Wildman–Crippen LogP) is 2.29. The molecule has 0 spiro atoms. The molecule has 0 bridgehead atoms. The monoisotopic (exact) mass is 272 g/mol.